The van der Waals surface area contributed by atoms with Gasteiger partial charge in [0.15, 0.2) is 5.78 Å². The third-order valence-corrected chi connectivity index (χ3v) is 10.1. The van der Waals surface area contributed by atoms with E-state index in [0.717, 1.165) is 54.0 Å². The number of rotatable bonds is 15. The highest BCUT2D eigenvalue weighted by atomic mass is 32.1. The molecule has 4 rings (SSSR count). The van der Waals surface area contributed by atoms with E-state index >= 15 is 0 Å². The van der Waals surface area contributed by atoms with E-state index in [1.165, 1.54) is 24.8 Å². The van der Waals surface area contributed by atoms with Gasteiger partial charge in [0, 0.05) is 43.8 Å². The molecule has 7 heteroatoms. The number of likely N-dealkylation sites (tertiary alicyclic amines) is 1. The molecule has 1 aromatic carbocycles. The van der Waals surface area contributed by atoms with Gasteiger partial charge in [0.05, 0.1) is 21.1 Å². The van der Waals surface area contributed by atoms with E-state index in [1.807, 2.05) is 6.92 Å². The van der Waals surface area contributed by atoms with Crippen molar-refractivity contribution in [2.45, 2.75) is 110 Å². The van der Waals surface area contributed by atoms with Gasteiger partial charge in [-0.3, -0.25) is 19.3 Å². The minimum Gasteiger partial charge on any atom is -0.353 e. The normalized spacial score (nSPS) is 18.0. The lowest BCUT2D eigenvalue weighted by Gasteiger charge is -2.32. The van der Waals surface area contributed by atoms with Crippen LogP contribution in [0.2, 0.25) is 0 Å². The fourth-order valence-corrected chi connectivity index (χ4v) is 7.44. The molecule has 1 amide bonds. The molecule has 2 aliphatic rings. The third-order valence-electron chi connectivity index (χ3n) is 9.02. The van der Waals surface area contributed by atoms with Crippen LogP contribution in [0.15, 0.2) is 30.4 Å². The van der Waals surface area contributed by atoms with Crippen LogP contribution in [-0.4, -0.2) is 53.0 Å². The van der Waals surface area contributed by atoms with E-state index in [2.05, 4.69) is 48.8 Å². The maximum atomic E-state index is 13.8. The Morgan fingerprint density at radius 3 is 2.51 bits per heavy atom. The van der Waals surface area contributed by atoms with E-state index in [1.54, 1.807) is 11.3 Å². The first-order valence-corrected chi connectivity index (χ1v) is 16.7. The van der Waals surface area contributed by atoms with E-state index in [4.69, 9.17) is 4.98 Å². The highest BCUT2D eigenvalue weighted by Gasteiger charge is 2.30. The number of fused-ring (bicyclic) bond motifs is 1. The summed E-state index contributed by atoms with van der Waals surface area (Å²) >= 11 is 1.63. The fraction of sp³-hybridized carbons (Fsp3) is 0.647. The second kappa shape index (κ2) is 15.2. The van der Waals surface area contributed by atoms with Crippen LogP contribution in [0, 0.1) is 11.8 Å². The summed E-state index contributed by atoms with van der Waals surface area (Å²) in [6.07, 6.45) is 10.2. The lowest BCUT2D eigenvalue weighted by atomic mass is 9.81. The number of carbonyl (C=O) groups is 3. The highest BCUT2D eigenvalue weighted by Crippen LogP contribution is 2.31. The van der Waals surface area contributed by atoms with Gasteiger partial charge in [-0.1, -0.05) is 52.7 Å². The predicted molar refractivity (Wildman–Crippen MR) is 168 cm³/mol. The van der Waals surface area contributed by atoms with Crippen molar-refractivity contribution in [2.75, 3.05) is 19.6 Å². The summed E-state index contributed by atoms with van der Waals surface area (Å²) in [7, 11) is 0. The van der Waals surface area contributed by atoms with Crippen LogP contribution in [0.1, 0.15) is 108 Å². The molecule has 1 N–H and O–H groups in total. The number of nitrogens with one attached hydrogen (secondary N) is 1. The Kier molecular flexibility index (Phi) is 11.7. The topological polar surface area (TPSA) is 79.4 Å². The Bertz CT molecular complexity index is 1210. The number of ketones is 2. The van der Waals surface area contributed by atoms with Gasteiger partial charge in [-0.15, -0.1) is 11.3 Å². The average Bonchev–Trinajstić information content (AvgIpc) is 3.63. The summed E-state index contributed by atoms with van der Waals surface area (Å²) < 4.78 is 1.12. The molecule has 0 radical (unpaired) electrons. The van der Waals surface area contributed by atoms with Crippen molar-refractivity contribution in [2.24, 2.45) is 11.8 Å². The van der Waals surface area contributed by atoms with E-state index in [0.29, 0.717) is 49.6 Å². The van der Waals surface area contributed by atoms with Gasteiger partial charge in [0.25, 0.3) is 0 Å². The van der Waals surface area contributed by atoms with E-state index in [9.17, 15) is 14.4 Å². The molecule has 41 heavy (non-hydrogen) atoms. The first-order valence-electron chi connectivity index (χ1n) is 15.9. The Morgan fingerprint density at radius 1 is 1.10 bits per heavy atom. The number of thiazole rings is 1. The van der Waals surface area contributed by atoms with E-state index in [-0.39, 0.29) is 29.9 Å². The van der Waals surface area contributed by atoms with Crippen LogP contribution in [0.25, 0.3) is 10.2 Å². The molecule has 2 fully saturated rings. The molecule has 0 unspecified atom stereocenters. The molecule has 224 valence electrons. The zero-order valence-electron chi connectivity index (χ0n) is 25.4. The maximum absolute atomic E-state index is 13.8. The van der Waals surface area contributed by atoms with Crippen LogP contribution >= 0.6 is 11.3 Å². The lowest BCUT2D eigenvalue weighted by molar-refractivity contribution is -0.130. The van der Waals surface area contributed by atoms with Crippen molar-refractivity contribution in [3.8, 4) is 0 Å². The first-order chi connectivity index (χ1) is 19.7. The number of amides is 1. The van der Waals surface area contributed by atoms with Crippen LogP contribution in [0.4, 0.5) is 0 Å². The van der Waals surface area contributed by atoms with Gasteiger partial charge >= 0.3 is 0 Å². The molecule has 1 aromatic heterocycles. The highest BCUT2D eigenvalue weighted by molar-refractivity contribution is 7.18. The van der Waals surface area contributed by atoms with Crippen molar-refractivity contribution < 1.29 is 14.4 Å². The molecule has 2 aromatic rings. The molecular formula is C34H49N3O3S. The smallest absolute Gasteiger partial charge is 0.224 e. The van der Waals surface area contributed by atoms with Crippen molar-refractivity contribution in [3.05, 3.63) is 40.9 Å². The summed E-state index contributed by atoms with van der Waals surface area (Å²) in [6.45, 7) is 13.0. The zero-order chi connectivity index (χ0) is 29.4. The van der Waals surface area contributed by atoms with Crippen molar-refractivity contribution in [1.29, 1.82) is 0 Å². The number of benzene rings is 1. The Hall–Kier alpha value is -2.38. The number of carbonyl (C=O) groups excluding carboxylic acids is 3. The minimum absolute atomic E-state index is 0.0606. The fourth-order valence-electron chi connectivity index (χ4n) is 6.35. The molecule has 1 aliphatic carbocycles. The van der Waals surface area contributed by atoms with Crippen LogP contribution in [-0.2, 0) is 20.8 Å². The van der Waals surface area contributed by atoms with Crippen molar-refractivity contribution in [1.82, 2.24) is 15.2 Å². The van der Waals surface area contributed by atoms with Gasteiger partial charge in [0.2, 0.25) is 5.91 Å². The van der Waals surface area contributed by atoms with Crippen LogP contribution in [0.5, 0.6) is 0 Å². The van der Waals surface area contributed by atoms with Crippen LogP contribution < -0.4 is 5.32 Å². The minimum atomic E-state index is -0.459. The molecule has 0 bridgehead atoms. The summed E-state index contributed by atoms with van der Waals surface area (Å²) in [5.41, 5.74) is 2.91. The number of hydrogen-bond donors (Lipinski definition) is 1. The standard InChI is InChI=1S/C34H49N3O3S/c1-5-28(38)19-27(21-33-35-30-14-13-26(23(2)3)20-32(30)41-33)34(40)36-29(25-11-7-6-8-12-25)15-16-31(39)24(4)22-37-17-9-10-18-37/h13-14,20,23,25,27,29H,4-12,15-19,21-22H2,1-3H3,(H,36,40)/t27-,29+/m0/s1. The van der Waals surface area contributed by atoms with Gasteiger partial charge in [-0.25, -0.2) is 4.98 Å². The van der Waals surface area contributed by atoms with Gasteiger partial charge in [0.1, 0.15) is 5.78 Å². The van der Waals surface area contributed by atoms with Gasteiger partial charge in [-0.2, -0.15) is 0 Å². The largest absolute Gasteiger partial charge is 0.353 e. The van der Waals surface area contributed by atoms with Gasteiger partial charge < -0.3 is 5.32 Å². The molecule has 0 spiro atoms. The summed E-state index contributed by atoms with van der Waals surface area (Å²) in [4.78, 5) is 46.6. The second-order valence-electron chi connectivity index (χ2n) is 12.5. The summed E-state index contributed by atoms with van der Waals surface area (Å²) in [5.74, 6) is 0.474. The first kappa shape index (κ1) is 31.6. The number of aromatic nitrogens is 1. The molecule has 1 saturated carbocycles. The monoisotopic (exact) mass is 579 g/mol. The third kappa shape index (κ3) is 9.05. The van der Waals surface area contributed by atoms with E-state index < -0.39 is 5.92 Å². The van der Waals surface area contributed by atoms with Crippen molar-refractivity contribution in [3.63, 3.8) is 0 Å². The molecule has 2 atom stereocenters. The summed E-state index contributed by atoms with van der Waals surface area (Å²) in [6, 6.07) is 6.32. The Morgan fingerprint density at radius 2 is 1.83 bits per heavy atom. The molecule has 2 heterocycles. The lowest BCUT2D eigenvalue weighted by Crippen LogP contribution is -2.45. The van der Waals surface area contributed by atoms with Crippen LogP contribution in [0.3, 0.4) is 0 Å². The number of hydrogen-bond acceptors (Lipinski definition) is 6. The molecule has 6 nitrogen and oxygen atoms in total. The summed E-state index contributed by atoms with van der Waals surface area (Å²) in [5, 5.41) is 4.25. The Labute approximate surface area is 250 Å². The predicted octanol–water partition coefficient (Wildman–Crippen LogP) is 7.01. The second-order valence-corrected chi connectivity index (χ2v) is 13.7. The number of Topliss-reactive ketones (excluding diaryl/α,β-unsaturated/α-hetero) is 2. The SMILES string of the molecule is C=C(CN1CCCC1)C(=O)CC[C@@H](NC(=O)[C@@H](CC(=O)CC)Cc1nc2ccc(C(C)C)cc2s1)C1CCCCC1. The Balaban J connectivity index is 1.45. The van der Waals surface area contributed by atoms with Crippen molar-refractivity contribution >= 4 is 39.0 Å². The molecule has 1 aliphatic heterocycles. The number of nitrogens with zero attached hydrogens (tertiary/aromatic N) is 2. The quantitative estimate of drug-likeness (QED) is 0.230. The molecular weight excluding hydrogens is 530 g/mol. The molecule has 1 saturated heterocycles. The zero-order valence-corrected chi connectivity index (χ0v) is 26.2. The maximum Gasteiger partial charge on any atom is 0.224 e. The van der Waals surface area contributed by atoms with Gasteiger partial charge in [-0.05, 0) is 74.7 Å². The average molecular weight is 580 g/mol.